The average molecular weight is 362 g/mol. The number of hydrogen-bond donors (Lipinski definition) is 1. The Bertz CT molecular complexity index is 800. The van der Waals surface area contributed by atoms with Gasteiger partial charge in [-0.15, -0.1) is 0 Å². The second-order valence-corrected chi connectivity index (χ2v) is 6.79. The second-order valence-electron chi connectivity index (χ2n) is 6.79. The molecule has 27 heavy (non-hydrogen) atoms. The lowest BCUT2D eigenvalue weighted by atomic mass is 10.1. The summed E-state index contributed by atoms with van der Waals surface area (Å²) >= 11 is 0. The van der Waals surface area contributed by atoms with Crippen LogP contribution in [0.2, 0.25) is 0 Å². The molecule has 0 aromatic heterocycles. The molecule has 0 bridgehead atoms. The van der Waals surface area contributed by atoms with Crippen LogP contribution in [0.5, 0.6) is 0 Å². The summed E-state index contributed by atoms with van der Waals surface area (Å²) in [5.74, 6) is -0.0985. The number of carbonyl (C=O) groups is 2. The van der Waals surface area contributed by atoms with E-state index in [0.29, 0.717) is 25.9 Å². The van der Waals surface area contributed by atoms with Crippen molar-refractivity contribution in [1.29, 1.82) is 0 Å². The third kappa shape index (κ3) is 4.85. The largest absolute Gasteiger partial charge is 0.350 e. The maximum absolute atomic E-state index is 13.0. The van der Waals surface area contributed by atoms with Crippen molar-refractivity contribution in [3.63, 3.8) is 0 Å². The smallest absolute Gasteiger partial charge is 0.250 e. The molecule has 4 heteroatoms. The lowest BCUT2D eigenvalue weighted by Gasteiger charge is -2.25. The van der Waals surface area contributed by atoms with E-state index in [1.165, 1.54) is 0 Å². The molecule has 0 unspecified atom stereocenters. The third-order valence-electron chi connectivity index (χ3n) is 4.92. The van der Waals surface area contributed by atoms with Gasteiger partial charge in [-0.3, -0.25) is 9.59 Å². The molecule has 2 amide bonds. The van der Waals surface area contributed by atoms with E-state index in [4.69, 9.17) is 0 Å². The molecular weight excluding hydrogens is 336 g/mol. The van der Waals surface area contributed by atoms with E-state index < -0.39 is 0 Å². The van der Waals surface area contributed by atoms with E-state index >= 15 is 0 Å². The Morgan fingerprint density at radius 2 is 1.74 bits per heavy atom. The summed E-state index contributed by atoms with van der Waals surface area (Å²) in [5.41, 5.74) is 2.80. The number of likely N-dealkylation sites (tertiary alicyclic amines) is 1. The molecule has 2 aromatic rings. The highest BCUT2D eigenvalue weighted by Crippen LogP contribution is 2.22. The van der Waals surface area contributed by atoms with Crippen LogP contribution in [0.25, 0.3) is 6.08 Å². The Morgan fingerprint density at radius 3 is 2.41 bits per heavy atom. The van der Waals surface area contributed by atoms with E-state index in [9.17, 15) is 9.59 Å². The van der Waals surface area contributed by atoms with Gasteiger partial charge in [0.2, 0.25) is 11.8 Å². The number of nitrogens with one attached hydrogen (secondary N) is 1. The summed E-state index contributed by atoms with van der Waals surface area (Å²) in [5, 5.41) is 2.98. The zero-order valence-electron chi connectivity index (χ0n) is 15.7. The number of nitrogens with zero attached hydrogens (tertiary/aromatic N) is 1. The molecule has 140 valence electrons. The summed E-state index contributed by atoms with van der Waals surface area (Å²) in [6.45, 7) is 3.10. The standard InChI is InChI=1S/C23H26N2O2/c1-2-20(16-18-10-5-3-6-11-18)23(27)25-15-9-14-21(25)22(26)24-17-19-12-7-4-8-13-19/h3-8,10-13,16,21H,2,9,14-15,17H2,1H3,(H,24,26)/b20-16+/t21-/m1/s1. The van der Waals surface area contributed by atoms with E-state index in [-0.39, 0.29) is 17.9 Å². The van der Waals surface area contributed by atoms with Crippen LogP contribution >= 0.6 is 0 Å². The first-order valence-electron chi connectivity index (χ1n) is 9.57. The fourth-order valence-corrected chi connectivity index (χ4v) is 3.44. The quantitative estimate of drug-likeness (QED) is 0.795. The van der Waals surface area contributed by atoms with Crippen molar-refractivity contribution < 1.29 is 9.59 Å². The van der Waals surface area contributed by atoms with Crippen molar-refractivity contribution in [1.82, 2.24) is 10.2 Å². The van der Waals surface area contributed by atoms with Crippen molar-refractivity contribution in [2.75, 3.05) is 6.54 Å². The zero-order valence-corrected chi connectivity index (χ0v) is 15.7. The normalized spacial score (nSPS) is 17.0. The van der Waals surface area contributed by atoms with Gasteiger partial charge in [-0.2, -0.15) is 0 Å². The monoisotopic (exact) mass is 362 g/mol. The van der Waals surface area contributed by atoms with E-state index in [0.717, 1.165) is 23.1 Å². The molecule has 1 saturated heterocycles. The Morgan fingerprint density at radius 1 is 1.07 bits per heavy atom. The molecular formula is C23H26N2O2. The number of amides is 2. The predicted octanol–water partition coefficient (Wildman–Crippen LogP) is 3.79. The van der Waals surface area contributed by atoms with Crippen LogP contribution in [-0.4, -0.2) is 29.3 Å². The van der Waals surface area contributed by atoms with Gasteiger partial charge in [-0.05, 0) is 36.5 Å². The van der Waals surface area contributed by atoms with Crippen LogP contribution in [0.1, 0.15) is 37.3 Å². The van der Waals surface area contributed by atoms with Crippen molar-refractivity contribution in [2.24, 2.45) is 0 Å². The molecule has 0 saturated carbocycles. The summed E-state index contributed by atoms with van der Waals surface area (Å²) < 4.78 is 0. The van der Waals surface area contributed by atoms with Crippen LogP contribution in [0.3, 0.4) is 0 Å². The maximum Gasteiger partial charge on any atom is 0.250 e. The molecule has 1 fully saturated rings. The minimum absolute atomic E-state index is 0.0290. The molecule has 1 aliphatic heterocycles. The van der Waals surface area contributed by atoms with E-state index in [2.05, 4.69) is 5.32 Å². The molecule has 4 nitrogen and oxygen atoms in total. The number of rotatable bonds is 6. The fraction of sp³-hybridized carbons (Fsp3) is 0.304. The van der Waals surface area contributed by atoms with Crippen molar-refractivity contribution in [3.8, 4) is 0 Å². The van der Waals surface area contributed by atoms with Crippen molar-refractivity contribution in [3.05, 3.63) is 77.4 Å². The molecule has 1 atom stereocenters. The summed E-state index contributed by atoms with van der Waals surface area (Å²) in [4.78, 5) is 27.5. The minimum Gasteiger partial charge on any atom is -0.350 e. The highest BCUT2D eigenvalue weighted by molar-refractivity contribution is 6.00. The summed E-state index contributed by atoms with van der Waals surface area (Å²) in [7, 11) is 0. The molecule has 1 N–H and O–H groups in total. The first kappa shape index (κ1) is 18.9. The molecule has 0 radical (unpaired) electrons. The zero-order chi connectivity index (χ0) is 19.1. The SMILES string of the molecule is CC/C(=C\c1ccccc1)C(=O)N1CCC[C@@H]1C(=O)NCc1ccccc1. The first-order valence-corrected chi connectivity index (χ1v) is 9.57. The van der Waals surface area contributed by atoms with Gasteiger partial charge < -0.3 is 10.2 Å². The average Bonchev–Trinajstić information content (AvgIpc) is 3.21. The Balaban J connectivity index is 1.68. The van der Waals surface area contributed by atoms with Gasteiger partial charge in [0, 0.05) is 18.7 Å². The summed E-state index contributed by atoms with van der Waals surface area (Å²) in [6.07, 6.45) is 4.15. The van der Waals surface area contributed by atoms with Gasteiger partial charge >= 0.3 is 0 Å². The Hall–Kier alpha value is -2.88. The molecule has 1 aliphatic rings. The van der Waals surface area contributed by atoms with Gasteiger partial charge in [0.25, 0.3) is 0 Å². The van der Waals surface area contributed by atoms with Crippen LogP contribution in [0, 0.1) is 0 Å². The van der Waals surface area contributed by atoms with Gasteiger partial charge in [0.15, 0.2) is 0 Å². The molecule has 2 aromatic carbocycles. The van der Waals surface area contributed by atoms with Crippen LogP contribution in [-0.2, 0) is 16.1 Å². The highest BCUT2D eigenvalue weighted by atomic mass is 16.2. The van der Waals surface area contributed by atoms with Crippen molar-refractivity contribution in [2.45, 2.75) is 38.8 Å². The first-order chi connectivity index (χ1) is 13.2. The lowest BCUT2D eigenvalue weighted by molar-refractivity contribution is -0.135. The predicted molar refractivity (Wildman–Crippen MR) is 108 cm³/mol. The lowest BCUT2D eigenvalue weighted by Crippen LogP contribution is -2.46. The topological polar surface area (TPSA) is 49.4 Å². The Labute approximate surface area is 160 Å². The molecule has 0 spiro atoms. The molecule has 1 heterocycles. The highest BCUT2D eigenvalue weighted by Gasteiger charge is 2.34. The maximum atomic E-state index is 13.0. The molecule has 0 aliphatic carbocycles. The number of benzene rings is 2. The van der Waals surface area contributed by atoms with Gasteiger partial charge in [-0.1, -0.05) is 67.6 Å². The fourth-order valence-electron chi connectivity index (χ4n) is 3.44. The van der Waals surface area contributed by atoms with Crippen LogP contribution in [0.15, 0.2) is 66.2 Å². The van der Waals surface area contributed by atoms with Crippen molar-refractivity contribution >= 4 is 17.9 Å². The van der Waals surface area contributed by atoms with Gasteiger partial charge in [0.05, 0.1) is 0 Å². The van der Waals surface area contributed by atoms with E-state index in [1.807, 2.05) is 73.7 Å². The van der Waals surface area contributed by atoms with E-state index in [1.54, 1.807) is 4.90 Å². The van der Waals surface area contributed by atoms with Gasteiger partial charge in [0.1, 0.15) is 6.04 Å². The second kappa shape index (κ2) is 9.17. The van der Waals surface area contributed by atoms with Crippen LogP contribution in [0.4, 0.5) is 0 Å². The summed E-state index contributed by atoms with van der Waals surface area (Å²) in [6, 6.07) is 19.3. The third-order valence-corrected chi connectivity index (χ3v) is 4.92. The number of carbonyl (C=O) groups excluding carboxylic acids is 2. The van der Waals surface area contributed by atoms with Gasteiger partial charge in [-0.25, -0.2) is 0 Å². The Kier molecular flexibility index (Phi) is 6.42. The molecule has 3 rings (SSSR count). The minimum atomic E-state index is -0.382. The van der Waals surface area contributed by atoms with Crippen LogP contribution < -0.4 is 5.32 Å². The number of hydrogen-bond acceptors (Lipinski definition) is 2.